The predicted molar refractivity (Wildman–Crippen MR) is 91.4 cm³/mol. The van der Waals surface area contributed by atoms with Crippen LogP contribution < -0.4 is 10.6 Å². The zero-order valence-electron chi connectivity index (χ0n) is 13.0. The molecule has 1 aliphatic heterocycles. The smallest absolute Gasteiger partial charge is 0.226 e. The number of rotatable bonds is 6. The van der Waals surface area contributed by atoms with Gasteiger partial charge in [0.05, 0.1) is 5.41 Å². The first-order chi connectivity index (χ1) is 10.3. The fourth-order valence-corrected chi connectivity index (χ4v) is 3.07. The van der Waals surface area contributed by atoms with E-state index in [2.05, 4.69) is 27.7 Å². The second-order valence-corrected chi connectivity index (χ2v) is 6.29. The van der Waals surface area contributed by atoms with E-state index in [0.29, 0.717) is 0 Å². The summed E-state index contributed by atoms with van der Waals surface area (Å²) in [6.45, 7) is 6.04. The third-order valence-corrected chi connectivity index (χ3v) is 4.64. The SMILES string of the molecule is Cl.O=C(NCCN1CCNCC1)C1(Cc2ccccc2)CC1. The molecule has 0 bridgehead atoms. The van der Waals surface area contributed by atoms with Gasteiger partial charge in [-0.25, -0.2) is 0 Å². The van der Waals surface area contributed by atoms with Crippen LogP contribution in [0.5, 0.6) is 0 Å². The molecule has 22 heavy (non-hydrogen) atoms. The molecular formula is C17H26ClN3O. The molecule has 0 unspecified atom stereocenters. The van der Waals surface area contributed by atoms with Crippen LogP contribution in [0.3, 0.4) is 0 Å². The molecule has 1 aliphatic carbocycles. The first-order valence-electron chi connectivity index (χ1n) is 8.04. The Morgan fingerprint density at radius 1 is 1.18 bits per heavy atom. The van der Waals surface area contributed by atoms with Crippen molar-refractivity contribution in [2.24, 2.45) is 5.41 Å². The Hall–Kier alpha value is -1.10. The van der Waals surface area contributed by atoms with Crippen LogP contribution in [-0.2, 0) is 11.2 Å². The summed E-state index contributed by atoms with van der Waals surface area (Å²) in [6.07, 6.45) is 2.94. The Labute approximate surface area is 139 Å². The van der Waals surface area contributed by atoms with E-state index in [0.717, 1.165) is 58.5 Å². The van der Waals surface area contributed by atoms with Crippen LogP contribution in [0.1, 0.15) is 18.4 Å². The molecule has 0 atom stereocenters. The number of hydrogen-bond donors (Lipinski definition) is 2. The summed E-state index contributed by atoms with van der Waals surface area (Å²) >= 11 is 0. The van der Waals surface area contributed by atoms with Crippen LogP contribution in [0.2, 0.25) is 0 Å². The maximum atomic E-state index is 12.4. The minimum absolute atomic E-state index is 0. The highest BCUT2D eigenvalue weighted by Gasteiger charge is 2.49. The second-order valence-electron chi connectivity index (χ2n) is 6.29. The van der Waals surface area contributed by atoms with E-state index >= 15 is 0 Å². The summed E-state index contributed by atoms with van der Waals surface area (Å²) in [4.78, 5) is 14.8. The number of piperazine rings is 1. The zero-order valence-corrected chi connectivity index (χ0v) is 13.8. The van der Waals surface area contributed by atoms with Gasteiger partial charge in [-0.3, -0.25) is 9.69 Å². The van der Waals surface area contributed by atoms with Crippen molar-refractivity contribution < 1.29 is 4.79 Å². The Morgan fingerprint density at radius 3 is 2.50 bits per heavy atom. The van der Waals surface area contributed by atoms with Crippen molar-refractivity contribution in [3.63, 3.8) is 0 Å². The van der Waals surface area contributed by atoms with E-state index in [1.807, 2.05) is 18.2 Å². The quantitative estimate of drug-likeness (QED) is 0.833. The van der Waals surface area contributed by atoms with E-state index < -0.39 is 0 Å². The molecule has 4 nitrogen and oxygen atoms in total. The topological polar surface area (TPSA) is 44.4 Å². The van der Waals surface area contributed by atoms with Crippen LogP contribution in [0.4, 0.5) is 0 Å². The van der Waals surface area contributed by atoms with Gasteiger partial charge in [0.2, 0.25) is 5.91 Å². The van der Waals surface area contributed by atoms with Crippen LogP contribution in [0.25, 0.3) is 0 Å². The number of nitrogens with zero attached hydrogens (tertiary/aromatic N) is 1. The summed E-state index contributed by atoms with van der Waals surface area (Å²) in [6, 6.07) is 10.4. The van der Waals surface area contributed by atoms with Gasteiger partial charge >= 0.3 is 0 Å². The van der Waals surface area contributed by atoms with Crippen molar-refractivity contribution >= 4 is 18.3 Å². The summed E-state index contributed by atoms with van der Waals surface area (Å²) in [5.41, 5.74) is 1.15. The molecule has 0 spiro atoms. The van der Waals surface area contributed by atoms with Crippen molar-refractivity contribution in [3.8, 4) is 0 Å². The predicted octanol–water partition coefficient (Wildman–Crippen LogP) is 1.45. The fraction of sp³-hybridized carbons (Fsp3) is 0.588. The Bertz CT molecular complexity index is 470. The van der Waals surface area contributed by atoms with Crippen LogP contribution in [0, 0.1) is 5.41 Å². The third kappa shape index (κ3) is 4.45. The monoisotopic (exact) mass is 323 g/mol. The van der Waals surface area contributed by atoms with Gasteiger partial charge in [0.15, 0.2) is 0 Å². The number of carbonyl (C=O) groups is 1. The lowest BCUT2D eigenvalue weighted by molar-refractivity contribution is -0.126. The van der Waals surface area contributed by atoms with Crippen molar-refractivity contribution in [2.75, 3.05) is 39.3 Å². The molecule has 122 valence electrons. The van der Waals surface area contributed by atoms with Crippen molar-refractivity contribution in [1.82, 2.24) is 15.5 Å². The molecule has 1 amide bonds. The summed E-state index contributed by atoms with van der Waals surface area (Å²) in [7, 11) is 0. The molecule has 2 aliphatic rings. The van der Waals surface area contributed by atoms with Crippen LogP contribution in [0.15, 0.2) is 30.3 Å². The molecule has 2 N–H and O–H groups in total. The van der Waals surface area contributed by atoms with Crippen molar-refractivity contribution in [2.45, 2.75) is 19.3 Å². The lowest BCUT2D eigenvalue weighted by atomic mass is 9.95. The highest BCUT2D eigenvalue weighted by molar-refractivity contribution is 5.85. The van der Waals surface area contributed by atoms with Gasteiger partial charge in [0.25, 0.3) is 0 Å². The standard InChI is InChI=1S/C17H25N3O.ClH/c21-16(19-10-13-20-11-8-18-9-12-20)17(6-7-17)14-15-4-2-1-3-5-15;/h1-5,18H,6-14H2,(H,19,21);1H. The normalized spacial score (nSPS) is 20.0. The number of amides is 1. The van der Waals surface area contributed by atoms with Gasteiger partial charge in [-0.05, 0) is 24.8 Å². The van der Waals surface area contributed by atoms with E-state index in [1.54, 1.807) is 0 Å². The number of carbonyl (C=O) groups excluding carboxylic acids is 1. The maximum absolute atomic E-state index is 12.4. The van der Waals surface area contributed by atoms with Gasteiger partial charge in [0.1, 0.15) is 0 Å². The summed E-state index contributed by atoms with van der Waals surface area (Å²) in [5, 5.41) is 6.50. The van der Waals surface area contributed by atoms with E-state index in [1.165, 1.54) is 5.56 Å². The van der Waals surface area contributed by atoms with E-state index in [4.69, 9.17) is 0 Å². The molecule has 1 saturated heterocycles. The average molecular weight is 324 g/mol. The molecule has 3 rings (SSSR count). The van der Waals surface area contributed by atoms with E-state index in [-0.39, 0.29) is 23.7 Å². The zero-order chi connectivity index (χ0) is 14.5. The van der Waals surface area contributed by atoms with Crippen molar-refractivity contribution in [1.29, 1.82) is 0 Å². The lowest BCUT2D eigenvalue weighted by Crippen LogP contribution is -2.47. The number of halogens is 1. The molecule has 1 aromatic rings. The van der Waals surface area contributed by atoms with Gasteiger partial charge in [-0.2, -0.15) is 0 Å². The van der Waals surface area contributed by atoms with Crippen LogP contribution >= 0.6 is 12.4 Å². The van der Waals surface area contributed by atoms with Crippen LogP contribution in [-0.4, -0.2) is 50.1 Å². The average Bonchev–Trinajstić information content (AvgIpc) is 3.30. The lowest BCUT2D eigenvalue weighted by Gasteiger charge is -2.27. The number of nitrogens with one attached hydrogen (secondary N) is 2. The van der Waals surface area contributed by atoms with Crippen molar-refractivity contribution in [3.05, 3.63) is 35.9 Å². The summed E-state index contributed by atoms with van der Waals surface area (Å²) < 4.78 is 0. The largest absolute Gasteiger partial charge is 0.354 e. The highest BCUT2D eigenvalue weighted by atomic mass is 35.5. The molecule has 5 heteroatoms. The number of benzene rings is 1. The molecular weight excluding hydrogens is 298 g/mol. The first-order valence-corrected chi connectivity index (χ1v) is 8.04. The van der Waals surface area contributed by atoms with Gasteiger partial charge < -0.3 is 10.6 Å². The highest BCUT2D eigenvalue weighted by Crippen LogP contribution is 2.48. The molecule has 0 aromatic heterocycles. The maximum Gasteiger partial charge on any atom is 0.226 e. The Balaban J connectivity index is 0.00000176. The first kappa shape index (κ1) is 17.3. The number of hydrogen-bond acceptors (Lipinski definition) is 3. The van der Waals surface area contributed by atoms with Gasteiger partial charge in [-0.1, -0.05) is 30.3 Å². The fourth-order valence-electron chi connectivity index (χ4n) is 3.07. The van der Waals surface area contributed by atoms with Gasteiger partial charge in [-0.15, -0.1) is 12.4 Å². The van der Waals surface area contributed by atoms with Gasteiger partial charge in [0, 0.05) is 39.3 Å². The molecule has 1 saturated carbocycles. The molecule has 2 fully saturated rings. The Morgan fingerprint density at radius 2 is 1.86 bits per heavy atom. The Kier molecular flexibility index (Phi) is 6.24. The second kappa shape index (κ2) is 7.95. The molecule has 0 radical (unpaired) electrons. The van der Waals surface area contributed by atoms with E-state index in [9.17, 15) is 4.79 Å². The molecule has 1 heterocycles. The molecule has 1 aromatic carbocycles. The minimum atomic E-state index is -0.120. The third-order valence-electron chi connectivity index (χ3n) is 4.64. The minimum Gasteiger partial charge on any atom is -0.354 e. The summed E-state index contributed by atoms with van der Waals surface area (Å²) in [5.74, 6) is 0.251.